The molecule has 0 radical (unpaired) electrons. The summed E-state index contributed by atoms with van der Waals surface area (Å²) in [4.78, 5) is 45.4. The molecule has 28 heavy (non-hydrogen) atoms. The van der Waals surface area contributed by atoms with Gasteiger partial charge in [-0.2, -0.15) is 0 Å². The van der Waals surface area contributed by atoms with E-state index in [4.69, 9.17) is 18.9 Å². The smallest absolute Gasteiger partial charge is 0.435 e. The normalized spacial score (nSPS) is 12.3. The highest BCUT2D eigenvalue weighted by molar-refractivity contribution is 5.70. The van der Waals surface area contributed by atoms with Gasteiger partial charge in [-0.3, -0.25) is 9.59 Å². The van der Waals surface area contributed by atoms with Crippen LogP contribution in [-0.4, -0.2) is 50.0 Å². The Labute approximate surface area is 164 Å². The van der Waals surface area contributed by atoms with Crippen LogP contribution in [0.1, 0.15) is 66.2 Å². The molecule has 0 heterocycles. The van der Waals surface area contributed by atoms with Crippen LogP contribution in [0.15, 0.2) is 0 Å². The second-order valence-corrected chi connectivity index (χ2v) is 5.63. The third kappa shape index (κ3) is 14.6. The molecule has 0 aliphatic heterocycles. The molecule has 0 fully saturated rings. The lowest BCUT2D eigenvalue weighted by molar-refractivity contribution is -0.169. The van der Waals surface area contributed by atoms with E-state index in [1.165, 1.54) is 13.8 Å². The predicted molar refractivity (Wildman–Crippen MR) is 95.0 cm³/mol. The van der Waals surface area contributed by atoms with Crippen LogP contribution in [0.4, 0.5) is 9.59 Å². The van der Waals surface area contributed by atoms with Crippen molar-refractivity contribution in [2.24, 2.45) is 0 Å². The average molecular weight is 406 g/mol. The van der Waals surface area contributed by atoms with Crippen LogP contribution in [0.5, 0.6) is 0 Å². The molecule has 0 spiro atoms. The summed E-state index contributed by atoms with van der Waals surface area (Å²) in [6.45, 7) is 6.46. The molecule has 0 saturated heterocycles. The van der Waals surface area contributed by atoms with Crippen molar-refractivity contribution in [2.45, 2.75) is 78.8 Å². The molecule has 0 rings (SSSR count). The highest BCUT2D eigenvalue weighted by Gasteiger charge is 2.15. The molecular formula is C18H30O10. The van der Waals surface area contributed by atoms with Crippen LogP contribution >= 0.6 is 0 Å². The highest BCUT2D eigenvalue weighted by Crippen LogP contribution is 2.09. The molecule has 0 N–H and O–H groups in total. The number of carbonyl (C=O) groups is 4. The number of rotatable bonds is 13. The van der Waals surface area contributed by atoms with Crippen LogP contribution in [-0.2, 0) is 38.0 Å². The van der Waals surface area contributed by atoms with Gasteiger partial charge in [0.25, 0.3) is 0 Å². The summed E-state index contributed by atoms with van der Waals surface area (Å²) in [5, 5.41) is 0. The van der Waals surface area contributed by atoms with Gasteiger partial charge in [0.2, 0.25) is 12.6 Å². The molecule has 0 aromatic heterocycles. The minimum Gasteiger partial charge on any atom is -0.435 e. The van der Waals surface area contributed by atoms with Gasteiger partial charge in [-0.05, 0) is 26.7 Å². The zero-order valence-electron chi connectivity index (χ0n) is 16.9. The Morgan fingerprint density at radius 1 is 0.607 bits per heavy atom. The zero-order valence-corrected chi connectivity index (χ0v) is 16.9. The molecule has 10 nitrogen and oxygen atoms in total. The van der Waals surface area contributed by atoms with E-state index in [9.17, 15) is 19.2 Å². The van der Waals surface area contributed by atoms with E-state index in [0.717, 1.165) is 0 Å². The molecule has 0 aromatic rings. The van der Waals surface area contributed by atoms with Gasteiger partial charge < -0.3 is 28.4 Å². The number of hydrogen-bond acceptors (Lipinski definition) is 10. The van der Waals surface area contributed by atoms with Crippen molar-refractivity contribution >= 4 is 24.2 Å². The fourth-order valence-electron chi connectivity index (χ4n) is 2.00. The molecule has 162 valence electrons. The summed E-state index contributed by atoms with van der Waals surface area (Å²) in [5.41, 5.74) is 0. The molecule has 0 saturated carbocycles. The van der Waals surface area contributed by atoms with Crippen molar-refractivity contribution in [3.8, 4) is 0 Å². The molecule has 10 heteroatoms. The lowest BCUT2D eigenvalue weighted by Crippen LogP contribution is -2.22. The maximum Gasteiger partial charge on any atom is 0.511 e. The topological polar surface area (TPSA) is 124 Å². The van der Waals surface area contributed by atoms with Gasteiger partial charge in [-0.15, -0.1) is 0 Å². The van der Waals surface area contributed by atoms with E-state index < -0.39 is 36.8 Å². The first-order valence-electron chi connectivity index (χ1n) is 9.34. The summed E-state index contributed by atoms with van der Waals surface area (Å²) in [6.07, 6.45) is -0.899. The third-order valence-electron chi connectivity index (χ3n) is 3.16. The molecule has 0 aliphatic rings. The van der Waals surface area contributed by atoms with Gasteiger partial charge in [0.05, 0.1) is 13.2 Å². The molecule has 0 aliphatic carbocycles. The second-order valence-electron chi connectivity index (χ2n) is 5.63. The van der Waals surface area contributed by atoms with Crippen LogP contribution in [0.25, 0.3) is 0 Å². The van der Waals surface area contributed by atoms with E-state index in [-0.39, 0.29) is 26.1 Å². The van der Waals surface area contributed by atoms with E-state index in [1.54, 1.807) is 13.8 Å². The number of ether oxygens (including phenoxy) is 6. The fraction of sp³-hybridized carbons (Fsp3) is 0.778. The minimum atomic E-state index is -1.01. The van der Waals surface area contributed by atoms with Crippen molar-refractivity contribution in [1.82, 2.24) is 0 Å². The van der Waals surface area contributed by atoms with E-state index in [1.807, 2.05) is 0 Å². The Balaban J connectivity index is 3.71. The zero-order chi connectivity index (χ0) is 21.4. The number of hydrogen-bond donors (Lipinski definition) is 0. The fourth-order valence-corrected chi connectivity index (χ4v) is 2.00. The highest BCUT2D eigenvalue weighted by atomic mass is 16.8. The summed E-state index contributed by atoms with van der Waals surface area (Å²) in [5.74, 6) is -0.970. The number of unbranched alkanes of at least 4 members (excludes halogenated alkanes) is 3. The molecular weight excluding hydrogens is 376 g/mol. The van der Waals surface area contributed by atoms with Crippen molar-refractivity contribution in [3.05, 3.63) is 0 Å². The predicted octanol–water partition coefficient (Wildman–Crippen LogP) is 3.45. The summed E-state index contributed by atoms with van der Waals surface area (Å²) in [6, 6.07) is 0. The lowest BCUT2D eigenvalue weighted by atomic mass is 10.1. The molecule has 2 unspecified atom stereocenters. The van der Waals surface area contributed by atoms with Crippen molar-refractivity contribution in [3.63, 3.8) is 0 Å². The molecule has 2 atom stereocenters. The molecule has 0 bridgehead atoms. The van der Waals surface area contributed by atoms with E-state index >= 15 is 0 Å². The average Bonchev–Trinajstić information content (AvgIpc) is 2.57. The maximum atomic E-state index is 11.6. The molecule has 0 aromatic carbocycles. The quantitative estimate of drug-likeness (QED) is 0.194. The van der Waals surface area contributed by atoms with Gasteiger partial charge >= 0.3 is 24.2 Å². The SMILES string of the molecule is CCOC(=O)OC(C)OC(=O)CCCCCCC(=O)OC(C)OC(=O)OCC. The van der Waals surface area contributed by atoms with Crippen molar-refractivity contribution in [2.75, 3.05) is 13.2 Å². The van der Waals surface area contributed by atoms with Crippen LogP contribution in [0, 0.1) is 0 Å². The van der Waals surface area contributed by atoms with Gasteiger partial charge in [0.1, 0.15) is 0 Å². The Morgan fingerprint density at radius 3 is 1.29 bits per heavy atom. The summed E-state index contributed by atoms with van der Waals surface area (Å²) < 4.78 is 28.4. The van der Waals surface area contributed by atoms with Crippen LogP contribution < -0.4 is 0 Å². The van der Waals surface area contributed by atoms with Crippen LogP contribution in [0.2, 0.25) is 0 Å². The van der Waals surface area contributed by atoms with Gasteiger partial charge in [0.15, 0.2) is 0 Å². The first-order chi connectivity index (χ1) is 13.3. The standard InChI is InChI=1S/C18H30O10/c1-5-23-17(21)27-13(3)25-15(19)11-9-7-8-10-12-16(20)26-14(4)28-18(22)24-6-2/h13-14H,5-12H2,1-4H3. The maximum absolute atomic E-state index is 11.6. The third-order valence-corrected chi connectivity index (χ3v) is 3.16. The number of carbonyl (C=O) groups excluding carboxylic acids is 4. The van der Waals surface area contributed by atoms with E-state index in [2.05, 4.69) is 9.47 Å². The minimum absolute atomic E-state index is 0.171. The Morgan fingerprint density at radius 2 is 0.964 bits per heavy atom. The Hall–Kier alpha value is -2.52. The monoisotopic (exact) mass is 406 g/mol. The van der Waals surface area contributed by atoms with E-state index in [0.29, 0.717) is 25.7 Å². The Kier molecular flexibility index (Phi) is 14.1. The van der Waals surface area contributed by atoms with Crippen molar-refractivity contribution in [1.29, 1.82) is 0 Å². The van der Waals surface area contributed by atoms with Gasteiger partial charge in [0, 0.05) is 26.7 Å². The Bertz CT molecular complexity index is 447. The van der Waals surface area contributed by atoms with Gasteiger partial charge in [-0.25, -0.2) is 9.59 Å². The first kappa shape index (κ1) is 25.5. The first-order valence-corrected chi connectivity index (χ1v) is 9.34. The molecule has 0 amide bonds. The lowest BCUT2D eigenvalue weighted by Gasteiger charge is -2.14. The summed E-state index contributed by atoms with van der Waals surface area (Å²) in [7, 11) is 0. The largest absolute Gasteiger partial charge is 0.511 e. The van der Waals surface area contributed by atoms with Crippen molar-refractivity contribution < 1.29 is 47.6 Å². The second kappa shape index (κ2) is 15.5. The van der Waals surface area contributed by atoms with Gasteiger partial charge in [-0.1, -0.05) is 12.8 Å². The summed E-state index contributed by atoms with van der Waals surface area (Å²) >= 11 is 0. The number of esters is 2. The van der Waals surface area contributed by atoms with Crippen LogP contribution in [0.3, 0.4) is 0 Å².